The van der Waals surface area contributed by atoms with E-state index in [1.54, 1.807) is 0 Å². The molecule has 0 heterocycles. The van der Waals surface area contributed by atoms with Gasteiger partial charge in [0.25, 0.3) is 0 Å². The van der Waals surface area contributed by atoms with Crippen molar-refractivity contribution in [2.24, 2.45) is 0 Å². The molecule has 146 valence electrons. The van der Waals surface area contributed by atoms with Crippen molar-refractivity contribution in [1.29, 1.82) is 0 Å². The molecule has 0 saturated carbocycles. The Bertz CT molecular complexity index is 851. The van der Waals surface area contributed by atoms with Crippen LogP contribution < -0.4 is 5.30 Å². The number of hydrogen-bond donors (Lipinski definition) is 0. The summed E-state index contributed by atoms with van der Waals surface area (Å²) in [6.07, 6.45) is 0. The summed E-state index contributed by atoms with van der Waals surface area (Å²) in [6.45, 7) is 16.7. The minimum absolute atomic E-state index is 0.204. The number of aryl methyl sites for hydroxylation is 1. The summed E-state index contributed by atoms with van der Waals surface area (Å²) in [5.74, 6) is 0. The molecule has 0 aromatic heterocycles. The Morgan fingerprint density at radius 2 is 0.929 bits per heavy atom. The van der Waals surface area contributed by atoms with Gasteiger partial charge >= 0.3 is 0 Å². The third-order valence-electron chi connectivity index (χ3n) is 4.99. The van der Waals surface area contributed by atoms with Crippen molar-refractivity contribution in [1.82, 2.24) is 0 Å². The molecule has 0 aliphatic rings. The van der Waals surface area contributed by atoms with Crippen LogP contribution in [0.2, 0.25) is 0 Å². The quantitative estimate of drug-likeness (QED) is 0.398. The van der Waals surface area contributed by atoms with Gasteiger partial charge in [0.05, 0.1) is 0 Å². The van der Waals surface area contributed by atoms with Crippen LogP contribution >= 0.6 is 7.92 Å². The average molecular weight is 389 g/mol. The first-order valence-corrected chi connectivity index (χ1v) is 11.5. The Morgan fingerprint density at radius 3 is 1.25 bits per heavy atom. The van der Waals surface area contributed by atoms with E-state index >= 15 is 0 Å². The Hall–Kier alpha value is -1.91. The fraction of sp³-hybridized carbons (Fsp3) is 0.333. The largest absolute Gasteiger partial charge is 0.0629 e. The molecular formula is C27H33P. The van der Waals surface area contributed by atoms with Gasteiger partial charge in [-0.1, -0.05) is 122 Å². The summed E-state index contributed by atoms with van der Waals surface area (Å²) in [4.78, 5) is 0. The Balaban J connectivity index is 2.43. The molecule has 3 aromatic rings. The average Bonchev–Trinajstić information content (AvgIpc) is 2.62. The summed E-state index contributed by atoms with van der Waals surface area (Å²) in [5, 5.41) is 1.95. The monoisotopic (exact) mass is 388 g/mol. The molecule has 0 atom stereocenters. The van der Waals surface area contributed by atoms with Crippen molar-refractivity contribution in [2.45, 2.75) is 58.8 Å². The number of rotatable bonds is 3. The maximum atomic E-state index is 2.41. The maximum absolute atomic E-state index is 2.41. The molecule has 0 N–H and O–H groups in total. The molecule has 0 saturated heterocycles. The van der Waals surface area contributed by atoms with Gasteiger partial charge in [0.1, 0.15) is 0 Å². The van der Waals surface area contributed by atoms with E-state index in [0.717, 1.165) is 0 Å². The number of hydrogen-bond acceptors (Lipinski definition) is 0. The first kappa shape index (κ1) is 20.8. The van der Waals surface area contributed by atoms with Gasteiger partial charge in [0.2, 0.25) is 0 Å². The number of benzene rings is 3. The molecule has 0 spiro atoms. The van der Waals surface area contributed by atoms with Crippen LogP contribution in [0.5, 0.6) is 0 Å². The van der Waals surface area contributed by atoms with Crippen molar-refractivity contribution >= 4 is 13.2 Å². The molecule has 0 aliphatic heterocycles. The highest BCUT2D eigenvalue weighted by atomic mass is 31.1. The lowest BCUT2D eigenvalue weighted by molar-refractivity contribution is 0.715. The highest BCUT2D eigenvalue weighted by Gasteiger charge is 2.38. The molecule has 0 aliphatic carbocycles. The summed E-state index contributed by atoms with van der Waals surface area (Å²) >= 11 is 0. The third kappa shape index (κ3) is 4.39. The van der Waals surface area contributed by atoms with Crippen LogP contribution in [-0.2, 0) is 0 Å². The molecule has 0 fully saturated rings. The highest BCUT2D eigenvalue weighted by molar-refractivity contribution is 7.69. The zero-order chi connectivity index (χ0) is 20.5. The zero-order valence-corrected chi connectivity index (χ0v) is 19.3. The van der Waals surface area contributed by atoms with Gasteiger partial charge in [-0.25, -0.2) is 0 Å². The highest BCUT2D eigenvalue weighted by Crippen LogP contribution is 2.60. The first-order valence-electron chi connectivity index (χ1n) is 10.1. The van der Waals surface area contributed by atoms with E-state index in [1.807, 2.05) is 0 Å². The molecule has 0 unspecified atom stereocenters. The molecule has 0 bridgehead atoms. The van der Waals surface area contributed by atoms with Gasteiger partial charge in [0, 0.05) is 0 Å². The van der Waals surface area contributed by atoms with Crippen LogP contribution in [0.3, 0.4) is 0 Å². The maximum Gasteiger partial charge on any atom is -0.00737 e. The van der Waals surface area contributed by atoms with Gasteiger partial charge in [-0.15, -0.1) is 0 Å². The molecule has 1 heteroatoms. The van der Waals surface area contributed by atoms with Crippen LogP contribution in [0.4, 0.5) is 0 Å². The lowest BCUT2D eigenvalue weighted by Crippen LogP contribution is -2.33. The van der Waals surface area contributed by atoms with Crippen molar-refractivity contribution in [3.8, 4) is 22.3 Å². The van der Waals surface area contributed by atoms with Gasteiger partial charge in [-0.05, 0) is 50.4 Å². The second-order valence-corrected chi connectivity index (χ2v) is 13.4. The zero-order valence-electron chi connectivity index (χ0n) is 18.4. The van der Waals surface area contributed by atoms with Crippen LogP contribution in [-0.4, -0.2) is 10.3 Å². The Kier molecular flexibility index (Phi) is 5.83. The smallest absolute Gasteiger partial charge is 0.00737 e. The van der Waals surface area contributed by atoms with Gasteiger partial charge in [0.15, 0.2) is 0 Å². The van der Waals surface area contributed by atoms with E-state index in [1.165, 1.54) is 33.1 Å². The fourth-order valence-electron chi connectivity index (χ4n) is 4.37. The molecule has 28 heavy (non-hydrogen) atoms. The van der Waals surface area contributed by atoms with E-state index in [4.69, 9.17) is 0 Å². The molecule has 0 nitrogen and oxygen atoms in total. The van der Waals surface area contributed by atoms with E-state index in [9.17, 15) is 0 Å². The van der Waals surface area contributed by atoms with Crippen molar-refractivity contribution < 1.29 is 0 Å². The summed E-state index contributed by atoms with van der Waals surface area (Å²) < 4.78 is 0. The van der Waals surface area contributed by atoms with E-state index in [0.29, 0.717) is 0 Å². The second kappa shape index (κ2) is 7.84. The summed E-state index contributed by atoms with van der Waals surface area (Å²) in [6, 6.07) is 26.6. The predicted octanol–water partition coefficient (Wildman–Crippen LogP) is 8.03. The minimum Gasteiger partial charge on any atom is -0.0629 e. The molecule has 3 aromatic carbocycles. The summed E-state index contributed by atoms with van der Waals surface area (Å²) in [5.41, 5.74) is 6.75. The fourth-order valence-corrected chi connectivity index (χ4v) is 8.60. The molecule has 3 rings (SSSR count). The summed E-state index contributed by atoms with van der Waals surface area (Å²) in [7, 11) is -0.439. The Morgan fingerprint density at radius 1 is 0.571 bits per heavy atom. The predicted molar refractivity (Wildman–Crippen MR) is 128 cm³/mol. The second-order valence-electron chi connectivity index (χ2n) is 9.62. The first-order chi connectivity index (χ1) is 13.1. The van der Waals surface area contributed by atoms with E-state index < -0.39 is 7.92 Å². The third-order valence-corrected chi connectivity index (χ3v) is 8.60. The van der Waals surface area contributed by atoms with Crippen molar-refractivity contribution in [3.05, 3.63) is 78.4 Å². The SMILES string of the molecule is Cc1cc(-c2ccccc2)c(P(C(C)(C)C)C(C)(C)C)c(-c2ccccc2)c1. The normalized spacial score (nSPS) is 12.4. The Labute approximate surface area is 172 Å². The van der Waals surface area contributed by atoms with Crippen LogP contribution in [0.1, 0.15) is 47.1 Å². The lowest BCUT2D eigenvalue weighted by Gasteiger charge is -2.44. The molecule has 0 amide bonds. The van der Waals surface area contributed by atoms with E-state index in [-0.39, 0.29) is 10.3 Å². The van der Waals surface area contributed by atoms with Gasteiger partial charge in [-0.3, -0.25) is 0 Å². The van der Waals surface area contributed by atoms with E-state index in [2.05, 4.69) is 121 Å². The van der Waals surface area contributed by atoms with Crippen molar-refractivity contribution in [2.75, 3.05) is 0 Å². The minimum atomic E-state index is -0.439. The van der Waals surface area contributed by atoms with Crippen LogP contribution in [0.25, 0.3) is 22.3 Å². The van der Waals surface area contributed by atoms with Crippen LogP contribution in [0.15, 0.2) is 72.8 Å². The molecule has 0 radical (unpaired) electrons. The molecular weight excluding hydrogens is 355 g/mol. The lowest BCUT2D eigenvalue weighted by atomic mass is 9.96. The topological polar surface area (TPSA) is 0 Å². The van der Waals surface area contributed by atoms with Gasteiger partial charge in [-0.2, -0.15) is 0 Å². The van der Waals surface area contributed by atoms with Crippen molar-refractivity contribution in [3.63, 3.8) is 0 Å². The van der Waals surface area contributed by atoms with Gasteiger partial charge < -0.3 is 0 Å². The van der Waals surface area contributed by atoms with Crippen LogP contribution in [0, 0.1) is 6.92 Å². The standard InChI is InChI=1S/C27H33P/c1-20-18-23(21-14-10-8-11-15-21)25(28(26(2,3)4)27(5,6)7)24(19-20)22-16-12-9-13-17-22/h8-19H,1-7H3.